The molecule has 0 aromatic heterocycles. The quantitative estimate of drug-likeness (QED) is 0.603. The van der Waals surface area contributed by atoms with Crippen LogP contribution in [0, 0.1) is 5.41 Å². The molecule has 0 bridgehead atoms. The molecule has 6 nitrogen and oxygen atoms in total. The highest BCUT2D eigenvalue weighted by atomic mass is 16.5. The van der Waals surface area contributed by atoms with Gasteiger partial charge in [-0.25, -0.2) is 0 Å². The van der Waals surface area contributed by atoms with Gasteiger partial charge in [-0.05, 0) is 11.5 Å². The lowest BCUT2D eigenvalue weighted by Gasteiger charge is -2.36. The van der Waals surface area contributed by atoms with E-state index in [-0.39, 0.29) is 17.2 Å². The summed E-state index contributed by atoms with van der Waals surface area (Å²) in [5.41, 5.74) is 0.957. The number of carbonyl (C=O) groups is 2. The van der Waals surface area contributed by atoms with E-state index in [0.29, 0.717) is 25.9 Å². The number of rotatable bonds is 9. The van der Waals surface area contributed by atoms with Gasteiger partial charge in [0.05, 0.1) is 7.11 Å². The Labute approximate surface area is 187 Å². The highest BCUT2D eigenvalue weighted by molar-refractivity contribution is 5.77. The Balaban J connectivity index is 1.96. The van der Waals surface area contributed by atoms with E-state index >= 15 is 0 Å². The third-order valence-corrected chi connectivity index (χ3v) is 5.51. The average molecular weight is 430 g/mol. The van der Waals surface area contributed by atoms with Gasteiger partial charge in [0.25, 0.3) is 0 Å². The lowest BCUT2D eigenvalue weighted by atomic mass is 9.91. The van der Waals surface area contributed by atoms with E-state index in [4.69, 9.17) is 4.74 Å². The minimum absolute atomic E-state index is 0.0478. The molecular formula is C25H39N3O3. The summed E-state index contributed by atoms with van der Waals surface area (Å²) >= 11 is 0. The van der Waals surface area contributed by atoms with Crippen molar-refractivity contribution in [3.05, 3.63) is 35.9 Å². The lowest BCUT2D eigenvalue weighted by molar-refractivity contribution is -0.133. The molecule has 0 atom stereocenters. The summed E-state index contributed by atoms with van der Waals surface area (Å²) in [6.07, 6.45) is 5.14. The smallest absolute Gasteiger partial charge is 0.223 e. The molecule has 6 heteroatoms. The largest absolute Gasteiger partial charge is 0.496 e. The molecule has 0 unspecified atom stereocenters. The van der Waals surface area contributed by atoms with Gasteiger partial charge in [-0.3, -0.25) is 14.5 Å². The summed E-state index contributed by atoms with van der Waals surface area (Å²) in [5, 5.41) is 0. The molecule has 0 saturated carbocycles. The summed E-state index contributed by atoms with van der Waals surface area (Å²) in [6, 6.07) is 7.87. The second-order valence-electron chi connectivity index (χ2n) is 9.30. The molecule has 1 fully saturated rings. The first kappa shape index (κ1) is 24.9. The van der Waals surface area contributed by atoms with Crippen molar-refractivity contribution < 1.29 is 14.3 Å². The van der Waals surface area contributed by atoms with Crippen LogP contribution in [0.4, 0.5) is 0 Å². The first-order valence-electron chi connectivity index (χ1n) is 11.3. The maximum Gasteiger partial charge on any atom is 0.223 e. The molecule has 1 aliphatic heterocycles. The van der Waals surface area contributed by atoms with Crippen LogP contribution in [0.2, 0.25) is 0 Å². The van der Waals surface area contributed by atoms with Crippen molar-refractivity contribution in [2.75, 3.05) is 52.9 Å². The van der Waals surface area contributed by atoms with Gasteiger partial charge in [0.2, 0.25) is 11.8 Å². The summed E-state index contributed by atoms with van der Waals surface area (Å²) in [5.74, 6) is 1.23. The Bertz CT molecular complexity index is 747. The van der Waals surface area contributed by atoms with Crippen molar-refractivity contribution in [2.45, 2.75) is 40.5 Å². The second-order valence-corrected chi connectivity index (χ2v) is 9.30. The van der Waals surface area contributed by atoms with Gasteiger partial charge in [0.15, 0.2) is 0 Å². The van der Waals surface area contributed by atoms with E-state index in [9.17, 15) is 9.59 Å². The third kappa shape index (κ3) is 8.37. The molecule has 172 valence electrons. The van der Waals surface area contributed by atoms with Crippen LogP contribution < -0.4 is 4.74 Å². The predicted octanol–water partition coefficient (Wildman–Crippen LogP) is 3.53. The summed E-state index contributed by atoms with van der Waals surface area (Å²) < 4.78 is 5.41. The number of methoxy groups -OCH3 is 1. The number of hydrogen-bond acceptors (Lipinski definition) is 4. The zero-order chi connectivity index (χ0) is 22.9. The number of nitrogens with zero attached hydrogens (tertiary/aromatic N) is 3. The van der Waals surface area contributed by atoms with E-state index in [0.717, 1.165) is 44.0 Å². The fourth-order valence-electron chi connectivity index (χ4n) is 3.70. The Hall–Kier alpha value is -2.34. The van der Waals surface area contributed by atoms with Gasteiger partial charge in [0.1, 0.15) is 5.75 Å². The molecule has 0 radical (unpaired) electrons. The number of hydrogen-bond donors (Lipinski definition) is 0. The Morgan fingerprint density at radius 2 is 1.81 bits per heavy atom. The summed E-state index contributed by atoms with van der Waals surface area (Å²) in [6.45, 7) is 13.6. The highest BCUT2D eigenvalue weighted by Crippen LogP contribution is 2.21. The fraction of sp³-hybridized carbons (Fsp3) is 0.600. The van der Waals surface area contributed by atoms with Gasteiger partial charge in [-0.1, -0.05) is 58.0 Å². The lowest BCUT2D eigenvalue weighted by Crippen LogP contribution is -2.50. The van der Waals surface area contributed by atoms with Crippen molar-refractivity contribution in [1.82, 2.24) is 14.7 Å². The van der Waals surface area contributed by atoms with Crippen LogP contribution in [0.5, 0.6) is 5.75 Å². The van der Waals surface area contributed by atoms with Crippen molar-refractivity contribution in [1.29, 1.82) is 0 Å². The third-order valence-electron chi connectivity index (χ3n) is 5.51. The number of para-hydroxylation sites is 1. The number of ether oxygens (including phenoxy) is 1. The molecular weight excluding hydrogens is 390 g/mol. The standard InChI is InChI=1S/C25H39N3O3/c1-6-23(29)28-18-15-26(16-19-28)14-17-27(24(30)20-25(2,3)4)13-9-11-21-10-7-8-12-22(21)31-5/h7-12H,6,13-20H2,1-5H3/b11-9+. The summed E-state index contributed by atoms with van der Waals surface area (Å²) in [7, 11) is 1.67. The minimum atomic E-state index is -0.0478. The van der Waals surface area contributed by atoms with E-state index in [1.165, 1.54) is 0 Å². The van der Waals surface area contributed by atoms with Crippen molar-refractivity contribution in [3.8, 4) is 5.75 Å². The van der Waals surface area contributed by atoms with E-state index in [1.807, 2.05) is 53.1 Å². The van der Waals surface area contributed by atoms with Gasteiger partial charge in [0, 0.05) is 64.2 Å². The van der Waals surface area contributed by atoms with Crippen LogP contribution in [-0.2, 0) is 9.59 Å². The monoisotopic (exact) mass is 429 g/mol. The predicted molar refractivity (Wildman–Crippen MR) is 126 cm³/mol. The van der Waals surface area contributed by atoms with Crippen LogP contribution in [-0.4, -0.2) is 79.4 Å². The van der Waals surface area contributed by atoms with E-state index in [2.05, 4.69) is 25.7 Å². The van der Waals surface area contributed by atoms with Gasteiger partial charge in [-0.15, -0.1) is 0 Å². The molecule has 31 heavy (non-hydrogen) atoms. The van der Waals surface area contributed by atoms with Crippen LogP contribution in [0.15, 0.2) is 30.3 Å². The SMILES string of the molecule is CCC(=O)N1CCN(CCN(C/C=C/c2ccccc2OC)C(=O)CC(C)(C)C)CC1. The van der Waals surface area contributed by atoms with Crippen LogP contribution in [0.3, 0.4) is 0 Å². The van der Waals surface area contributed by atoms with Gasteiger partial charge >= 0.3 is 0 Å². The van der Waals surface area contributed by atoms with Crippen molar-refractivity contribution in [3.63, 3.8) is 0 Å². The first-order valence-corrected chi connectivity index (χ1v) is 11.3. The molecule has 1 aromatic carbocycles. The maximum atomic E-state index is 13.0. The molecule has 0 spiro atoms. The molecule has 0 aliphatic carbocycles. The first-order chi connectivity index (χ1) is 14.7. The minimum Gasteiger partial charge on any atom is -0.496 e. The zero-order valence-electron chi connectivity index (χ0n) is 19.9. The molecule has 2 amide bonds. The van der Waals surface area contributed by atoms with Crippen molar-refractivity contribution in [2.24, 2.45) is 5.41 Å². The fourth-order valence-corrected chi connectivity index (χ4v) is 3.70. The van der Waals surface area contributed by atoms with Crippen LogP contribution in [0.1, 0.15) is 46.1 Å². The normalized spacial score (nSPS) is 15.3. The average Bonchev–Trinajstić information content (AvgIpc) is 2.74. The van der Waals surface area contributed by atoms with Gasteiger partial charge in [-0.2, -0.15) is 0 Å². The molecule has 2 rings (SSSR count). The Morgan fingerprint density at radius 1 is 1.13 bits per heavy atom. The molecule has 1 saturated heterocycles. The van der Waals surface area contributed by atoms with Crippen molar-refractivity contribution >= 4 is 17.9 Å². The number of amides is 2. The zero-order valence-corrected chi connectivity index (χ0v) is 19.9. The summed E-state index contributed by atoms with van der Waals surface area (Å²) in [4.78, 5) is 31.1. The molecule has 1 aromatic rings. The highest BCUT2D eigenvalue weighted by Gasteiger charge is 2.23. The topological polar surface area (TPSA) is 53.1 Å². The number of piperazine rings is 1. The van der Waals surface area contributed by atoms with E-state index < -0.39 is 0 Å². The van der Waals surface area contributed by atoms with E-state index in [1.54, 1.807) is 7.11 Å². The van der Waals surface area contributed by atoms with Crippen LogP contribution >= 0.6 is 0 Å². The second kappa shape index (κ2) is 11.9. The van der Waals surface area contributed by atoms with Crippen LogP contribution in [0.25, 0.3) is 6.08 Å². The van der Waals surface area contributed by atoms with Gasteiger partial charge < -0.3 is 14.5 Å². The molecule has 1 heterocycles. The Morgan fingerprint density at radius 3 is 2.42 bits per heavy atom. The number of carbonyl (C=O) groups excluding carboxylic acids is 2. The number of benzene rings is 1. The molecule has 1 aliphatic rings. The molecule has 0 N–H and O–H groups in total. The Kier molecular flexibility index (Phi) is 9.56. The maximum absolute atomic E-state index is 13.0.